The number of ether oxygens (including phenoxy) is 1. The zero-order valence-electron chi connectivity index (χ0n) is 18.9. The van der Waals surface area contributed by atoms with Gasteiger partial charge < -0.3 is 14.9 Å². The molecule has 0 radical (unpaired) electrons. The second kappa shape index (κ2) is 10.1. The van der Waals surface area contributed by atoms with Crippen molar-refractivity contribution in [2.75, 3.05) is 0 Å². The van der Waals surface area contributed by atoms with E-state index in [1.807, 2.05) is 6.07 Å². The van der Waals surface area contributed by atoms with E-state index in [0.29, 0.717) is 4.68 Å². The zero-order chi connectivity index (χ0) is 28.0. The van der Waals surface area contributed by atoms with Crippen molar-refractivity contribution in [3.63, 3.8) is 0 Å². The zero-order valence-corrected chi connectivity index (χ0v) is 21.2. The van der Waals surface area contributed by atoms with Crippen LogP contribution in [0.15, 0.2) is 44.5 Å². The highest BCUT2D eigenvalue weighted by atomic mass is 35.5. The minimum atomic E-state index is -4.32. The van der Waals surface area contributed by atoms with Gasteiger partial charge in [0.15, 0.2) is 11.4 Å². The van der Waals surface area contributed by atoms with Gasteiger partial charge in [0.1, 0.15) is 16.7 Å². The van der Waals surface area contributed by atoms with Crippen LogP contribution in [0.1, 0.15) is 31.4 Å². The number of alkyl halides is 2. The fourth-order valence-corrected chi connectivity index (χ4v) is 5.74. The summed E-state index contributed by atoms with van der Waals surface area (Å²) in [6.45, 7) is 0. The summed E-state index contributed by atoms with van der Waals surface area (Å²) in [5.41, 5.74) is -6.00. The van der Waals surface area contributed by atoms with Gasteiger partial charge in [0.25, 0.3) is 12.0 Å². The van der Waals surface area contributed by atoms with Crippen molar-refractivity contribution in [3.05, 3.63) is 71.5 Å². The molecule has 1 aromatic carbocycles. The largest absolute Gasteiger partial charge is 0.507 e. The Balaban J connectivity index is 1.70. The molecule has 1 aromatic heterocycles. The van der Waals surface area contributed by atoms with Crippen LogP contribution in [0.5, 0.6) is 5.75 Å². The number of aromatic nitrogens is 3. The quantitative estimate of drug-likeness (QED) is 0.373. The van der Waals surface area contributed by atoms with E-state index >= 15 is 0 Å². The molecule has 1 atom stereocenters. The van der Waals surface area contributed by atoms with Crippen LogP contribution in [0.25, 0.3) is 5.69 Å². The molecule has 1 saturated carbocycles. The lowest BCUT2D eigenvalue weighted by atomic mass is 9.91. The van der Waals surface area contributed by atoms with Gasteiger partial charge in [0.05, 0.1) is 21.8 Å². The Morgan fingerprint density at radius 2 is 1.92 bits per heavy atom. The van der Waals surface area contributed by atoms with Crippen molar-refractivity contribution in [1.29, 1.82) is 5.26 Å². The van der Waals surface area contributed by atoms with Crippen LogP contribution in [0.2, 0.25) is 10.0 Å². The Morgan fingerprint density at radius 1 is 1.29 bits per heavy atom. The summed E-state index contributed by atoms with van der Waals surface area (Å²) < 4.78 is 60.3. The van der Waals surface area contributed by atoms with E-state index < -0.39 is 61.8 Å². The summed E-state index contributed by atoms with van der Waals surface area (Å²) in [7, 11) is -4.32. The van der Waals surface area contributed by atoms with Crippen molar-refractivity contribution in [3.8, 4) is 17.5 Å². The topological polar surface area (TPSA) is 187 Å². The van der Waals surface area contributed by atoms with Crippen LogP contribution >= 0.6 is 23.2 Å². The maximum Gasteiger partial charge on any atom is 0.349 e. The first-order chi connectivity index (χ1) is 17.7. The predicted molar refractivity (Wildman–Crippen MR) is 129 cm³/mol. The van der Waals surface area contributed by atoms with Crippen molar-refractivity contribution in [2.45, 2.75) is 43.4 Å². The molecule has 2 aromatic rings. The average Bonchev–Trinajstić information content (AvgIpc) is 2.81. The summed E-state index contributed by atoms with van der Waals surface area (Å²) in [6, 6.07) is 3.34. The van der Waals surface area contributed by atoms with Crippen LogP contribution in [-0.2, 0) is 10.0 Å². The number of sulfonamides is 1. The van der Waals surface area contributed by atoms with Crippen LogP contribution in [0.4, 0.5) is 8.78 Å². The number of nitrogens with one attached hydrogen (secondary N) is 2. The third-order valence-electron chi connectivity index (χ3n) is 5.70. The Bertz CT molecular complexity index is 1600. The molecular weight excluding hydrogens is 575 g/mol. The molecule has 202 valence electrons. The van der Waals surface area contributed by atoms with Gasteiger partial charge in [-0.2, -0.15) is 15.0 Å². The number of benzene rings is 1. The van der Waals surface area contributed by atoms with Gasteiger partial charge in [0.2, 0.25) is 15.6 Å². The van der Waals surface area contributed by atoms with Gasteiger partial charge in [-0.3, -0.25) is 9.78 Å². The summed E-state index contributed by atoms with van der Waals surface area (Å²) in [5.74, 6) is -0.958. The van der Waals surface area contributed by atoms with Crippen LogP contribution in [0, 0.1) is 11.3 Å². The third kappa shape index (κ3) is 5.31. The number of nitriles is 1. The maximum atomic E-state index is 13.1. The molecule has 1 fully saturated rings. The molecule has 4 N–H and O–H groups in total. The summed E-state index contributed by atoms with van der Waals surface area (Å²) in [6.07, 6.45) is -1.95. The van der Waals surface area contributed by atoms with Gasteiger partial charge in [-0.25, -0.2) is 26.7 Å². The van der Waals surface area contributed by atoms with E-state index in [9.17, 15) is 42.3 Å². The highest BCUT2D eigenvalue weighted by molar-refractivity contribution is 7.93. The summed E-state index contributed by atoms with van der Waals surface area (Å²) in [5, 5.41) is 32.2. The lowest BCUT2D eigenvalue weighted by Crippen LogP contribution is -2.47. The maximum absolute atomic E-state index is 13.1. The smallest absolute Gasteiger partial charge is 0.349 e. The number of halogens is 4. The highest BCUT2D eigenvalue weighted by Gasteiger charge is 2.40. The number of nitrogens with zero attached hydrogens (tertiary/aromatic N) is 3. The molecule has 0 spiro atoms. The number of hydrogen-bond donors (Lipinski definition) is 4. The van der Waals surface area contributed by atoms with Crippen molar-refractivity contribution < 1.29 is 32.1 Å². The fraction of sp³-hybridized carbons (Fsp3) is 0.333. The molecular formula is C21H17Cl2F2N5O7S. The van der Waals surface area contributed by atoms with E-state index in [0.717, 1.165) is 24.3 Å². The van der Waals surface area contributed by atoms with Crippen LogP contribution in [0.3, 0.4) is 0 Å². The lowest BCUT2D eigenvalue weighted by molar-refractivity contribution is 0.0712. The minimum Gasteiger partial charge on any atom is -0.507 e. The second-order valence-corrected chi connectivity index (χ2v) is 10.9. The SMILES string of the molecule is N#CC1(Oc2c(Cl)cc(-n3nc(C(F)F)c(=O)[nH]c3=O)cc2Cl)C=C(S(=O)(=O)N[C@H]2C[C@H](O)C2)C(O)=CC1. The van der Waals surface area contributed by atoms with E-state index in [1.54, 1.807) is 4.98 Å². The standard InChI is InChI=1S/C21H17Cl2F2N5O7S/c22-12-5-10(30-20(34)27-19(33)16(28-30)18(24)25)6-13(23)17(12)37-21(8-26)2-1-14(32)15(7-21)38(35,36)29-9-3-11(31)4-9/h1,5-7,9,11,18,29,31-32H,2-4H2,(H,27,33,34)/t9-,11-,21?. The molecule has 17 heteroatoms. The third-order valence-corrected chi connectivity index (χ3v) is 7.81. The molecule has 2 aliphatic rings. The lowest BCUT2D eigenvalue weighted by Gasteiger charge is -2.33. The number of aliphatic hydroxyl groups is 2. The van der Waals surface area contributed by atoms with E-state index in [-0.39, 0.29) is 40.7 Å². The first-order valence-electron chi connectivity index (χ1n) is 10.7. The summed E-state index contributed by atoms with van der Waals surface area (Å²) in [4.78, 5) is 24.8. The van der Waals surface area contributed by atoms with Crippen molar-refractivity contribution in [1.82, 2.24) is 19.5 Å². The molecule has 0 saturated heterocycles. The average molecular weight is 592 g/mol. The van der Waals surface area contributed by atoms with Gasteiger partial charge in [-0.1, -0.05) is 23.2 Å². The molecule has 0 amide bonds. The molecule has 2 aliphatic carbocycles. The Hall–Kier alpha value is -3.29. The molecule has 0 bridgehead atoms. The molecule has 4 rings (SSSR count). The van der Waals surface area contributed by atoms with E-state index in [4.69, 9.17) is 27.9 Å². The van der Waals surface area contributed by atoms with E-state index in [2.05, 4.69) is 9.82 Å². The number of aromatic amines is 1. The number of hydrogen-bond acceptors (Lipinski definition) is 9. The molecule has 1 unspecified atom stereocenters. The van der Waals surface area contributed by atoms with Gasteiger partial charge in [-0.15, -0.1) is 0 Å². The fourth-order valence-electron chi connectivity index (χ4n) is 3.73. The Morgan fingerprint density at radius 3 is 2.47 bits per heavy atom. The van der Waals surface area contributed by atoms with Crippen LogP contribution < -0.4 is 20.7 Å². The number of aliphatic hydroxyl groups excluding tert-OH is 2. The van der Waals surface area contributed by atoms with Crippen molar-refractivity contribution >= 4 is 33.2 Å². The Labute approximate surface area is 222 Å². The molecule has 38 heavy (non-hydrogen) atoms. The normalized spacial score (nSPS) is 23.3. The van der Waals surface area contributed by atoms with Gasteiger partial charge in [0, 0.05) is 12.5 Å². The highest BCUT2D eigenvalue weighted by Crippen LogP contribution is 2.40. The first-order valence-corrected chi connectivity index (χ1v) is 12.9. The monoisotopic (exact) mass is 591 g/mol. The Kier molecular flexibility index (Phi) is 7.38. The minimum absolute atomic E-state index is 0.181. The molecule has 0 aliphatic heterocycles. The number of H-pyrrole nitrogens is 1. The first kappa shape index (κ1) is 27.7. The van der Waals surface area contributed by atoms with E-state index in [1.165, 1.54) is 0 Å². The summed E-state index contributed by atoms with van der Waals surface area (Å²) >= 11 is 12.5. The van der Waals surface area contributed by atoms with Crippen LogP contribution in [-0.4, -0.2) is 51.1 Å². The number of rotatable bonds is 7. The van der Waals surface area contributed by atoms with Gasteiger partial charge >= 0.3 is 5.69 Å². The van der Waals surface area contributed by atoms with Gasteiger partial charge in [-0.05, 0) is 37.1 Å². The predicted octanol–water partition coefficient (Wildman–Crippen LogP) is 1.98. The molecule has 1 heterocycles. The second-order valence-electron chi connectivity index (χ2n) is 8.44. The molecule has 12 nitrogen and oxygen atoms in total. The van der Waals surface area contributed by atoms with Crippen molar-refractivity contribution in [2.24, 2.45) is 0 Å².